The topological polar surface area (TPSA) is 9.23 Å². The van der Waals surface area contributed by atoms with Crippen LogP contribution in [-0.4, -0.2) is 6.61 Å². The Morgan fingerprint density at radius 2 is 2.21 bits per heavy atom. The second-order valence-electron chi connectivity index (χ2n) is 2.77. The molecular weight excluding hydrogens is 239 g/mol. The van der Waals surface area contributed by atoms with Crippen molar-refractivity contribution < 1.29 is 4.74 Å². The average molecular weight is 247 g/mol. The maximum absolute atomic E-state index is 6.06. The molecule has 0 saturated carbocycles. The van der Waals surface area contributed by atoms with Crippen molar-refractivity contribution in [3.63, 3.8) is 0 Å². The van der Waals surface area contributed by atoms with Gasteiger partial charge in [0.15, 0.2) is 0 Å². The van der Waals surface area contributed by atoms with E-state index in [1.165, 1.54) is 0 Å². The van der Waals surface area contributed by atoms with Crippen LogP contribution in [0, 0.1) is 0 Å². The number of fused-ring (bicyclic) bond motifs is 1. The summed E-state index contributed by atoms with van der Waals surface area (Å²) in [6.07, 6.45) is 0. The highest BCUT2D eigenvalue weighted by Gasteiger charge is 2.10. The van der Waals surface area contributed by atoms with Gasteiger partial charge in [-0.05, 0) is 18.4 Å². The van der Waals surface area contributed by atoms with Crippen LogP contribution in [0.5, 0.6) is 5.75 Å². The maximum atomic E-state index is 6.06. The molecule has 74 valence electrons. The van der Waals surface area contributed by atoms with Gasteiger partial charge in [0.25, 0.3) is 0 Å². The van der Waals surface area contributed by atoms with Gasteiger partial charge in [0.2, 0.25) is 0 Å². The van der Waals surface area contributed by atoms with Crippen molar-refractivity contribution >= 4 is 44.6 Å². The van der Waals surface area contributed by atoms with Crippen molar-refractivity contribution in [1.82, 2.24) is 0 Å². The number of hydrogen-bond donors (Lipinski definition) is 0. The van der Waals surface area contributed by atoms with E-state index in [4.69, 9.17) is 27.9 Å². The molecule has 1 nitrogen and oxygen atoms in total. The monoisotopic (exact) mass is 246 g/mol. The van der Waals surface area contributed by atoms with Gasteiger partial charge < -0.3 is 4.74 Å². The predicted molar refractivity (Wildman–Crippen MR) is 63.0 cm³/mol. The fourth-order valence-electron chi connectivity index (χ4n) is 1.31. The number of thiophene rings is 1. The number of rotatable bonds is 2. The molecule has 0 unspecified atom stereocenters. The molecule has 1 aromatic carbocycles. The summed E-state index contributed by atoms with van der Waals surface area (Å²) in [5.41, 5.74) is 0. The van der Waals surface area contributed by atoms with Crippen LogP contribution in [0.15, 0.2) is 17.5 Å². The fraction of sp³-hybridized carbons (Fsp3) is 0.200. The Morgan fingerprint density at radius 1 is 1.43 bits per heavy atom. The van der Waals surface area contributed by atoms with Crippen LogP contribution in [-0.2, 0) is 0 Å². The summed E-state index contributed by atoms with van der Waals surface area (Å²) in [5.74, 6) is 0.812. The Labute approximate surface area is 96.2 Å². The van der Waals surface area contributed by atoms with Gasteiger partial charge in [-0.3, -0.25) is 0 Å². The molecule has 0 bridgehead atoms. The van der Waals surface area contributed by atoms with E-state index in [2.05, 4.69) is 0 Å². The van der Waals surface area contributed by atoms with Gasteiger partial charge in [-0.1, -0.05) is 23.2 Å². The van der Waals surface area contributed by atoms with Gasteiger partial charge in [0.05, 0.1) is 21.4 Å². The molecule has 0 amide bonds. The zero-order chi connectivity index (χ0) is 10.1. The van der Waals surface area contributed by atoms with Gasteiger partial charge in [-0.25, -0.2) is 0 Å². The highest BCUT2D eigenvalue weighted by atomic mass is 35.5. The predicted octanol–water partition coefficient (Wildman–Crippen LogP) is 4.61. The third-order valence-corrected chi connectivity index (χ3v) is 3.62. The molecule has 0 aliphatic rings. The van der Waals surface area contributed by atoms with E-state index >= 15 is 0 Å². The second-order valence-corrected chi connectivity index (χ2v) is 4.47. The molecule has 1 aromatic heterocycles. The van der Waals surface area contributed by atoms with Crippen LogP contribution in [0.2, 0.25) is 10.0 Å². The Bertz CT molecular complexity index is 464. The van der Waals surface area contributed by atoms with Crippen molar-refractivity contribution in [2.45, 2.75) is 6.92 Å². The molecular formula is C10H8Cl2OS. The first-order valence-electron chi connectivity index (χ1n) is 4.22. The van der Waals surface area contributed by atoms with E-state index < -0.39 is 0 Å². The third kappa shape index (κ3) is 1.58. The highest BCUT2D eigenvalue weighted by molar-refractivity contribution is 7.17. The Morgan fingerprint density at radius 3 is 2.93 bits per heavy atom. The SMILES string of the molecule is CCOc1cc(Cl)c(Cl)c2ccsc12. The first-order chi connectivity index (χ1) is 6.74. The highest BCUT2D eigenvalue weighted by Crippen LogP contribution is 2.40. The number of ether oxygens (including phenoxy) is 1. The lowest BCUT2D eigenvalue weighted by Crippen LogP contribution is -1.91. The Hall–Kier alpha value is -0.440. The van der Waals surface area contributed by atoms with Crippen LogP contribution >= 0.6 is 34.5 Å². The van der Waals surface area contributed by atoms with E-state index in [-0.39, 0.29) is 0 Å². The third-order valence-electron chi connectivity index (χ3n) is 1.89. The van der Waals surface area contributed by atoms with Crippen molar-refractivity contribution in [2.24, 2.45) is 0 Å². The van der Waals surface area contributed by atoms with Crippen LogP contribution in [0.3, 0.4) is 0 Å². The lowest BCUT2D eigenvalue weighted by Gasteiger charge is -2.06. The van der Waals surface area contributed by atoms with Gasteiger partial charge in [-0.2, -0.15) is 0 Å². The molecule has 0 atom stereocenters. The molecule has 0 spiro atoms. The van der Waals surface area contributed by atoms with E-state index in [9.17, 15) is 0 Å². The van der Waals surface area contributed by atoms with Gasteiger partial charge in [0, 0.05) is 11.5 Å². The number of halogens is 2. The first-order valence-corrected chi connectivity index (χ1v) is 5.85. The van der Waals surface area contributed by atoms with Crippen LogP contribution in [0.25, 0.3) is 10.1 Å². The first kappa shape index (κ1) is 10.1. The van der Waals surface area contributed by atoms with Crippen molar-refractivity contribution in [1.29, 1.82) is 0 Å². The molecule has 2 rings (SSSR count). The summed E-state index contributed by atoms with van der Waals surface area (Å²) in [6.45, 7) is 2.58. The summed E-state index contributed by atoms with van der Waals surface area (Å²) >= 11 is 13.6. The Balaban J connectivity index is 2.71. The van der Waals surface area contributed by atoms with Crippen molar-refractivity contribution in [3.8, 4) is 5.75 Å². The molecule has 0 radical (unpaired) electrons. The largest absolute Gasteiger partial charge is 0.492 e. The summed E-state index contributed by atoms with van der Waals surface area (Å²) in [5, 5.41) is 4.09. The maximum Gasteiger partial charge on any atom is 0.138 e. The van der Waals surface area contributed by atoms with Crippen molar-refractivity contribution in [3.05, 3.63) is 27.6 Å². The van der Waals surface area contributed by atoms with E-state index in [0.29, 0.717) is 16.7 Å². The number of hydrogen-bond acceptors (Lipinski definition) is 2. The molecule has 0 aliphatic heterocycles. The zero-order valence-electron chi connectivity index (χ0n) is 7.51. The Kier molecular flexibility index (Phi) is 2.86. The molecule has 4 heteroatoms. The van der Waals surface area contributed by atoms with Crippen LogP contribution in [0.4, 0.5) is 0 Å². The molecule has 0 N–H and O–H groups in total. The zero-order valence-corrected chi connectivity index (χ0v) is 9.84. The smallest absolute Gasteiger partial charge is 0.138 e. The summed E-state index contributed by atoms with van der Waals surface area (Å²) in [6, 6.07) is 3.73. The van der Waals surface area contributed by atoms with E-state index in [0.717, 1.165) is 15.8 Å². The molecule has 1 heterocycles. The van der Waals surface area contributed by atoms with Crippen molar-refractivity contribution in [2.75, 3.05) is 6.61 Å². The standard InChI is InChI=1S/C10H8Cl2OS/c1-2-13-8-5-7(11)9(12)6-3-4-14-10(6)8/h3-5H,2H2,1H3. The van der Waals surface area contributed by atoms with Gasteiger partial charge >= 0.3 is 0 Å². The lowest BCUT2D eigenvalue weighted by molar-refractivity contribution is 0.345. The summed E-state index contributed by atoms with van der Waals surface area (Å²) in [7, 11) is 0. The molecule has 0 saturated heterocycles. The van der Waals surface area contributed by atoms with Crippen LogP contribution < -0.4 is 4.74 Å². The minimum Gasteiger partial charge on any atom is -0.492 e. The second kappa shape index (κ2) is 3.97. The lowest BCUT2D eigenvalue weighted by atomic mass is 10.2. The molecule has 0 fully saturated rings. The molecule has 2 aromatic rings. The average Bonchev–Trinajstić information content (AvgIpc) is 2.63. The summed E-state index contributed by atoms with van der Waals surface area (Å²) in [4.78, 5) is 0. The van der Waals surface area contributed by atoms with Gasteiger partial charge in [-0.15, -0.1) is 11.3 Å². The van der Waals surface area contributed by atoms with E-state index in [1.807, 2.05) is 18.4 Å². The normalized spacial score (nSPS) is 10.8. The number of benzene rings is 1. The quantitative estimate of drug-likeness (QED) is 0.753. The summed E-state index contributed by atoms with van der Waals surface area (Å²) < 4.78 is 6.54. The fourth-order valence-corrected chi connectivity index (χ4v) is 2.65. The minimum absolute atomic E-state index is 0.543. The van der Waals surface area contributed by atoms with Crippen LogP contribution in [0.1, 0.15) is 6.92 Å². The molecule has 0 aliphatic carbocycles. The minimum atomic E-state index is 0.543. The van der Waals surface area contributed by atoms with E-state index in [1.54, 1.807) is 17.4 Å². The van der Waals surface area contributed by atoms with Gasteiger partial charge in [0.1, 0.15) is 5.75 Å². The molecule has 14 heavy (non-hydrogen) atoms.